The highest BCUT2D eigenvalue weighted by Crippen LogP contribution is 2.25. The molecule has 2 unspecified atom stereocenters. The molecule has 1 aliphatic carbocycles. The average molecular weight is 449 g/mol. The number of thioether (sulfide) groups is 1. The van der Waals surface area contributed by atoms with Gasteiger partial charge in [0, 0.05) is 17.5 Å². The van der Waals surface area contributed by atoms with Gasteiger partial charge in [0.1, 0.15) is 4.83 Å². The Labute approximate surface area is 184 Å². The van der Waals surface area contributed by atoms with Crippen molar-refractivity contribution in [2.45, 2.75) is 63.7 Å². The number of allylic oxidation sites excluding steroid dienone is 1. The molecule has 9 heteroatoms. The van der Waals surface area contributed by atoms with Crippen LogP contribution in [0.25, 0.3) is 10.2 Å². The fraction of sp³-hybridized carbons (Fsp3) is 0.524. The van der Waals surface area contributed by atoms with Crippen molar-refractivity contribution in [3.8, 4) is 0 Å². The van der Waals surface area contributed by atoms with Crippen LogP contribution < -0.4 is 16.2 Å². The number of imide groups is 1. The van der Waals surface area contributed by atoms with Crippen LogP contribution in [0.15, 0.2) is 28.7 Å². The van der Waals surface area contributed by atoms with E-state index < -0.39 is 11.9 Å². The van der Waals surface area contributed by atoms with E-state index in [1.807, 2.05) is 13.0 Å². The van der Waals surface area contributed by atoms with Crippen LogP contribution in [0, 0.1) is 5.92 Å². The lowest BCUT2D eigenvalue weighted by Gasteiger charge is -2.29. The van der Waals surface area contributed by atoms with Gasteiger partial charge in [0.15, 0.2) is 5.16 Å². The Morgan fingerprint density at radius 3 is 2.87 bits per heavy atom. The third-order valence-electron chi connectivity index (χ3n) is 5.34. The summed E-state index contributed by atoms with van der Waals surface area (Å²) in [5, 5.41) is 6.34. The number of aromatic nitrogens is 2. The largest absolute Gasteiger partial charge is 0.335 e. The number of fused-ring (bicyclic) bond motifs is 1. The Morgan fingerprint density at radius 2 is 2.17 bits per heavy atom. The number of amides is 3. The molecule has 30 heavy (non-hydrogen) atoms. The molecule has 0 saturated heterocycles. The van der Waals surface area contributed by atoms with Crippen LogP contribution in [0.2, 0.25) is 0 Å². The first-order valence-corrected chi connectivity index (χ1v) is 12.1. The third kappa shape index (κ3) is 5.31. The Morgan fingerprint density at radius 1 is 1.40 bits per heavy atom. The highest BCUT2D eigenvalue weighted by atomic mass is 32.2. The van der Waals surface area contributed by atoms with E-state index in [0.717, 1.165) is 42.3 Å². The van der Waals surface area contributed by atoms with E-state index in [0.29, 0.717) is 27.8 Å². The number of hydrogen-bond donors (Lipinski definition) is 2. The second-order valence-electron chi connectivity index (χ2n) is 7.56. The number of aryl methyl sites for hydroxylation is 1. The number of nitrogens with one attached hydrogen (secondary N) is 2. The molecule has 1 fully saturated rings. The van der Waals surface area contributed by atoms with Crippen molar-refractivity contribution in [1.29, 1.82) is 0 Å². The first-order valence-electron chi connectivity index (χ1n) is 10.3. The Hall–Kier alpha value is -2.13. The molecule has 1 saturated carbocycles. The van der Waals surface area contributed by atoms with Crippen molar-refractivity contribution in [3.05, 3.63) is 34.0 Å². The minimum Gasteiger partial charge on any atom is -0.335 e. The van der Waals surface area contributed by atoms with Gasteiger partial charge in [0.05, 0.1) is 11.1 Å². The SMILES string of the molecule is C=CCn1c(SCC(=O)NC(=O)NC2CCCCC2C)nc2sc(CC)cc2c1=O. The van der Waals surface area contributed by atoms with Gasteiger partial charge in [-0.25, -0.2) is 9.78 Å². The molecule has 3 rings (SSSR count). The van der Waals surface area contributed by atoms with Gasteiger partial charge < -0.3 is 5.32 Å². The molecule has 2 aromatic rings. The van der Waals surface area contributed by atoms with Gasteiger partial charge in [-0.05, 0) is 31.2 Å². The molecule has 3 amide bonds. The summed E-state index contributed by atoms with van der Waals surface area (Å²) >= 11 is 2.64. The van der Waals surface area contributed by atoms with Crippen LogP contribution in [0.4, 0.5) is 4.79 Å². The molecule has 7 nitrogen and oxygen atoms in total. The molecular weight excluding hydrogens is 420 g/mol. The smallest absolute Gasteiger partial charge is 0.321 e. The van der Waals surface area contributed by atoms with E-state index in [1.165, 1.54) is 22.3 Å². The van der Waals surface area contributed by atoms with E-state index in [1.54, 1.807) is 6.08 Å². The zero-order chi connectivity index (χ0) is 21.7. The maximum absolute atomic E-state index is 12.8. The molecule has 1 aliphatic rings. The number of urea groups is 1. The van der Waals surface area contributed by atoms with Gasteiger partial charge in [0.2, 0.25) is 5.91 Å². The van der Waals surface area contributed by atoms with Gasteiger partial charge in [-0.1, -0.05) is 44.5 Å². The van der Waals surface area contributed by atoms with Crippen molar-refractivity contribution in [1.82, 2.24) is 20.2 Å². The molecule has 2 aromatic heterocycles. The Kier molecular flexibility index (Phi) is 7.71. The molecule has 0 aromatic carbocycles. The highest BCUT2D eigenvalue weighted by Gasteiger charge is 2.23. The van der Waals surface area contributed by atoms with Crippen molar-refractivity contribution < 1.29 is 9.59 Å². The molecule has 0 spiro atoms. The highest BCUT2D eigenvalue weighted by molar-refractivity contribution is 7.99. The zero-order valence-electron chi connectivity index (χ0n) is 17.4. The van der Waals surface area contributed by atoms with E-state index >= 15 is 0 Å². The number of rotatable bonds is 7. The van der Waals surface area contributed by atoms with Crippen LogP contribution in [0.5, 0.6) is 0 Å². The Balaban J connectivity index is 1.66. The first kappa shape index (κ1) is 22.6. The van der Waals surface area contributed by atoms with Crippen molar-refractivity contribution in [3.63, 3.8) is 0 Å². The van der Waals surface area contributed by atoms with E-state index in [-0.39, 0.29) is 17.4 Å². The van der Waals surface area contributed by atoms with Crippen LogP contribution in [-0.4, -0.2) is 33.3 Å². The monoisotopic (exact) mass is 448 g/mol. The molecule has 2 N–H and O–H groups in total. The fourth-order valence-corrected chi connectivity index (χ4v) is 5.47. The van der Waals surface area contributed by atoms with Crippen molar-refractivity contribution in [2.24, 2.45) is 5.92 Å². The summed E-state index contributed by atoms with van der Waals surface area (Å²) in [6.45, 7) is 8.17. The van der Waals surface area contributed by atoms with E-state index in [9.17, 15) is 14.4 Å². The number of carbonyl (C=O) groups excluding carboxylic acids is 2. The van der Waals surface area contributed by atoms with Gasteiger partial charge in [-0.3, -0.25) is 19.5 Å². The predicted octanol–water partition coefficient (Wildman–Crippen LogP) is 3.70. The summed E-state index contributed by atoms with van der Waals surface area (Å²) in [4.78, 5) is 43.7. The summed E-state index contributed by atoms with van der Waals surface area (Å²) in [6.07, 6.45) is 6.77. The fourth-order valence-electron chi connectivity index (χ4n) is 3.65. The standard InChI is InChI=1S/C21H28N4O3S2/c1-4-10-25-19(27)15-11-14(5-2)30-18(15)24-21(25)29-12-17(26)23-20(28)22-16-9-7-6-8-13(16)3/h4,11,13,16H,1,5-10,12H2,2-3H3,(H2,22,23,26,28). The molecule has 2 heterocycles. The summed E-state index contributed by atoms with van der Waals surface area (Å²) in [7, 11) is 0. The summed E-state index contributed by atoms with van der Waals surface area (Å²) in [6, 6.07) is 1.52. The summed E-state index contributed by atoms with van der Waals surface area (Å²) in [5.41, 5.74) is -0.136. The second-order valence-corrected chi connectivity index (χ2v) is 9.62. The number of carbonyl (C=O) groups is 2. The van der Waals surface area contributed by atoms with Crippen molar-refractivity contribution >= 4 is 45.3 Å². The minimum absolute atomic E-state index is 0.00522. The molecule has 162 valence electrons. The lowest BCUT2D eigenvalue weighted by Crippen LogP contribution is -2.48. The first-order chi connectivity index (χ1) is 14.4. The number of thiophene rings is 1. The Bertz CT molecular complexity index is 998. The van der Waals surface area contributed by atoms with Gasteiger partial charge in [0.25, 0.3) is 5.56 Å². The van der Waals surface area contributed by atoms with E-state index in [4.69, 9.17) is 0 Å². The van der Waals surface area contributed by atoms with E-state index in [2.05, 4.69) is 29.1 Å². The van der Waals surface area contributed by atoms with Crippen LogP contribution >= 0.6 is 23.1 Å². The third-order valence-corrected chi connectivity index (χ3v) is 7.49. The molecule has 0 radical (unpaired) electrons. The van der Waals surface area contributed by atoms with Crippen LogP contribution in [0.3, 0.4) is 0 Å². The quantitative estimate of drug-likeness (QED) is 0.383. The topological polar surface area (TPSA) is 93.1 Å². The molecule has 2 atom stereocenters. The normalized spacial score (nSPS) is 18.9. The minimum atomic E-state index is -0.461. The lowest BCUT2D eigenvalue weighted by molar-refractivity contribution is -0.117. The van der Waals surface area contributed by atoms with Crippen LogP contribution in [-0.2, 0) is 17.8 Å². The predicted molar refractivity (Wildman–Crippen MR) is 122 cm³/mol. The zero-order valence-corrected chi connectivity index (χ0v) is 19.0. The summed E-state index contributed by atoms with van der Waals surface area (Å²) in [5.74, 6) is -0.00713. The maximum atomic E-state index is 12.8. The van der Waals surface area contributed by atoms with Crippen LogP contribution in [0.1, 0.15) is 44.4 Å². The maximum Gasteiger partial charge on any atom is 0.321 e. The average Bonchev–Trinajstić information content (AvgIpc) is 3.14. The van der Waals surface area contributed by atoms with Gasteiger partial charge in [-0.2, -0.15) is 0 Å². The number of nitrogens with zero attached hydrogens (tertiary/aromatic N) is 2. The number of hydrogen-bond acceptors (Lipinski definition) is 6. The van der Waals surface area contributed by atoms with Gasteiger partial charge >= 0.3 is 6.03 Å². The molecule has 0 aliphatic heterocycles. The molecule has 0 bridgehead atoms. The van der Waals surface area contributed by atoms with Crippen molar-refractivity contribution in [2.75, 3.05) is 5.75 Å². The summed E-state index contributed by atoms with van der Waals surface area (Å²) < 4.78 is 1.52. The lowest BCUT2D eigenvalue weighted by atomic mass is 9.86. The molecular formula is C21H28N4O3S2. The second kappa shape index (κ2) is 10.3. The van der Waals surface area contributed by atoms with Gasteiger partial charge in [-0.15, -0.1) is 17.9 Å².